The predicted molar refractivity (Wildman–Crippen MR) is 72.3 cm³/mol. The molecule has 1 aromatic carbocycles. The Bertz CT molecular complexity index is 396. The Kier molecular flexibility index (Phi) is 4.40. The van der Waals surface area contributed by atoms with E-state index in [1.165, 1.54) is 0 Å². The van der Waals surface area contributed by atoms with Crippen LogP contribution in [0.15, 0.2) is 18.2 Å². The maximum Gasteiger partial charge on any atom is 0.251 e. The lowest BCUT2D eigenvalue weighted by Crippen LogP contribution is -2.43. The van der Waals surface area contributed by atoms with Gasteiger partial charge in [-0.2, -0.15) is 0 Å². The fourth-order valence-electron chi connectivity index (χ4n) is 1.81. The van der Waals surface area contributed by atoms with Gasteiger partial charge >= 0.3 is 0 Å². The van der Waals surface area contributed by atoms with Gasteiger partial charge in [-0.15, -0.1) is 0 Å². The number of anilines is 1. The number of halogens is 1. The molecule has 0 fully saturated rings. The van der Waals surface area contributed by atoms with Crippen molar-refractivity contribution in [2.45, 2.75) is 39.2 Å². The summed E-state index contributed by atoms with van der Waals surface area (Å²) in [6.45, 7) is 6.09. The van der Waals surface area contributed by atoms with Crippen LogP contribution in [-0.2, 0) is 0 Å². The summed E-state index contributed by atoms with van der Waals surface area (Å²) in [5.74, 6) is -0.141. The number of amides is 1. The monoisotopic (exact) mass is 254 g/mol. The first-order valence-electron chi connectivity index (χ1n) is 5.72. The van der Waals surface area contributed by atoms with E-state index in [1.807, 2.05) is 13.8 Å². The number of carbonyl (C=O) groups is 1. The number of nitrogens with one attached hydrogen (secondary N) is 1. The Hall–Kier alpha value is -1.22. The van der Waals surface area contributed by atoms with Crippen LogP contribution in [0.25, 0.3) is 0 Å². The van der Waals surface area contributed by atoms with Gasteiger partial charge in [-0.1, -0.05) is 24.9 Å². The van der Waals surface area contributed by atoms with Crippen LogP contribution in [0.2, 0.25) is 5.02 Å². The van der Waals surface area contributed by atoms with Crippen molar-refractivity contribution < 1.29 is 4.79 Å². The first kappa shape index (κ1) is 13.8. The molecule has 0 spiro atoms. The zero-order valence-electron chi connectivity index (χ0n) is 10.5. The Balaban J connectivity index is 2.83. The predicted octanol–water partition coefficient (Wildman–Crippen LogP) is 3.23. The summed E-state index contributed by atoms with van der Waals surface area (Å²) < 4.78 is 0. The molecule has 0 aromatic heterocycles. The van der Waals surface area contributed by atoms with Crippen LogP contribution >= 0.6 is 11.6 Å². The molecule has 1 aromatic rings. The van der Waals surface area contributed by atoms with E-state index < -0.39 is 0 Å². The number of nitrogen functional groups attached to an aromatic ring is 1. The summed E-state index contributed by atoms with van der Waals surface area (Å²) in [5, 5.41) is 3.45. The molecular weight excluding hydrogens is 236 g/mol. The number of carbonyl (C=O) groups excluding carboxylic acids is 1. The molecule has 4 heteroatoms. The van der Waals surface area contributed by atoms with Gasteiger partial charge in [-0.05, 0) is 38.5 Å². The molecule has 3 N–H and O–H groups in total. The second kappa shape index (κ2) is 5.41. The third-order valence-electron chi connectivity index (χ3n) is 2.51. The molecule has 0 aliphatic heterocycles. The molecular formula is C13H19ClN2O. The lowest BCUT2D eigenvalue weighted by molar-refractivity contribution is 0.0909. The highest BCUT2D eigenvalue weighted by Crippen LogP contribution is 2.18. The summed E-state index contributed by atoms with van der Waals surface area (Å²) in [6, 6.07) is 4.87. The summed E-state index contributed by atoms with van der Waals surface area (Å²) in [4.78, 5) is 12.0. The largest absolute Gasteiger partial charge is 0.399 e. The molecule has 0 radical (unpaired) electrons. The molecule has 0 unspecified atom stereocenters. The van der Waals surface area contributed by atoms with Gasteiger partial charge in [0.05, 0.1) is 0 Å². The maximum absolute atomic E-state index is 12.0. The number of rotatable bonds is 4. The van der Waals surface area contributed by atoms with Gasteiger partial charge in [0.2, 0.25) is 0 Å². The van der Waals surface area contributed by atoms with E-state index >= 15 is 0 Å². The summed E-state index contributed by atoms with van der Waals surface area (Å²) >= 11 is 5.87. The van der Waals surface area contributed by atoms with Crippen LogP contribution in [-0.4, -0.2) is 11.4 Å². The van der Waals surface area contributed by atoms with Crippen LogP contribution < -0.4 is 11.1 Å². The highest BCUT2D eigenvalue weighted by Gasteiger charge is 2.20. The zero-order valence-corrected chi connectivity index (χ0v) is 11.3. The molecule has 0 saturated heterocycles. The molecule has 0 saturated carbocycles. The summed E-state index contributed by atoms with van der Waals surface area (Å²) in [5.41, 5.74) is 6.43. The quantitative estimate of drug-likeness (QED) is 0.811. The van der Waals surface area contributed by atoms with Gasteiger partial charge in [0.25, 0.3) is 5.91 Å². The summed E-state index contributed by atoms with van der Waals surface area (Å²) in [7, 11) is 0. The van der Waals surface area contributed by atoms with Gasteiger partial charge in [-0.3, -0.25) is 4.79 Å². The molecule has 1 amide bonds. The highest BCUT2D eigenvalue weighted by molar-refractivity contribution is 6.31. The lowest BCUT2D eigenvalue weighted by atomic mass is 9.98. The maximum atomic E-state index is 12.0. The molecule has 17 heavy (non-hydrogen) atoms. The lowest BCUT2D eigenvalue weighted by Gasteiger charge is -2.25. The van der Waals surface area contributed by atoms with Crippen LogP contribution in [0, 0.1) is 0 Å². The van der Waals surface area contributed by atoms with Crippen molar-refractivity contribution in [2.75, 3.05) is 5.73 Å². The van der Waals surface area contributed by atoms with Crippen molar-refractivity contribution >= 4 is 23.2 Å². The van der Waals surface area contributed by atoms with Crippen LogP contribution in [0.1, 0.15) is 44.0 Å². The third kappa shape index (κ3) is 4.27. The zero-order chi connectivity index (χ0) is 13.1. The highest BCUT2D eigenvalue weighted by atomic mass is 35.5. The van der Waals surface area contributed by atoms with E-state index in [2.05, 4.69) is 12.2 Å². The first-order valence-corrected chi connectivity index (χ1v) is 6.10. The Morgan fingerprint density at radius 1 is 1.41 bits per heavy atom. The minimum atomic E-state index is -0.219. The molecule has 0 aliphatic carbocycles. The molecule has 0 bridgehead atoms. The normalized spacial score (nSPS) is 11.3. The Morgan fingerprint density at radius 2 is 2.06 bits per heavy atom. The minimum Gasteiger partial charge on any atom is -0.399 e. The average molecular weight is 255 g/mol. The fourth-order valence-corrected chi connectivity index (χ4v) is 2.05. The van der Waals surface area contributed by atoms with Gasteiger partial charge in [-0.25, -0.2) is 0 Å². The number of nitrogens with two attached hydrogens (primary N) is 1. The van der Waals surface area contributed by atoms with Crippen molar-refractivity contribution in [2.24, 2.45) is 0 Å². The van der Waals surface area contributed by atoms with Crippen LogP contribution in [0.5, 0.6) is 0 Å². The van der Waals surface area contributed by atoms with Gasteiger partial charge in [0, 0.05) is 21.8 Å². The SMILES string of the molecule is CCCC(C)(C)NC(=O)c1cc(N)cc(Cl)c1. The first-order chi connectivity index (χ1) is 7.84. The van der Waals surface area contributed by atoms with E-state index in [0.717, 1.165) is 12.8 Å². The minimum absolute atomic E-state index is 0.141. The summed E-state index contributed by atoms with van der Waals surface area (Å²) in [6.07, 6.45) is 1.94. The molecule has 0 aliphatic rings. The molecule has 94 valence electrons. The third-order valence-corrected chi connectivity index (χ3v) is 2.73. The van der Waals surface area contributed by atoms with Crippen molar-refractivity contribution in [1.29, 1.82) is 0 Å². The average Bonchev–Trinajstić information content (AvgIpc) is 2.14. The van der Waals surface area contributed by atoms with Gasteiger partial charge < -0.3 is 11.1 Å². The molecule has 1 rings (SSSR count). The Morgan fingerprint density at radius 3 is 2.59 bits per heavy atom. The number of benzene rings is 1. The number of hydrogen-bond acceptors (Lipinski definition) is 2. The molecule has 0 atom stereocenters. The standard InChI is InChI=1S/C13H19ClN2O/c1-4-5-13(2,3)16-12(17)9-6-10(14)8-11(15)7-9/h6-8H,4-5,15H2,1-3H3,(H,16,17). The van der Waals surface area contributed by atoms with E-state index in [9.17, 15) is 4.79 Å². The topological polar surface area (TPSA) is 55.1 Å². The van der Waals surface area contributed by atoms with Crippen LogP contribution in [0.4, 0.5) is 5.69 Å². The Labute approximate surface area is 107 Å². The molecule has 3 nitrogen and oxygen atoms in total. The number of hydrogen-bond donors (Lipinski definition) is 2. The second-order valence-corrected chi connectivity index (χ2v) is 5.30. The van der Waals surface area contributed by atoms with Crippen molar-refractivity contribution in [3.8, 4) is 0 Å². The van der Waals surface area contributed by atoms with Gasteiger partial charge in [0.1, 0.15) is 0 Å². The van der Waals surface area contributed by atoms with E-state index in [4.69, 9.17) is 17.3 Å². The second-order valence-electron chi connectivity index (χ2n) is 4.86. The van der Waals surface area contributed by atoms with Gasteiger partial charge in [0.15, 0.2) is 0 Å². The van der Waals surface area contributed by atoms with E-state index in [-0.39, 0.29) is 11.4 Å². The van der Waals surface area contributed by atoms with E-state index in [1.54, 1.807) is 18.2 Å². The van der Waals surface area contributed by atoms with Crippen molar-refractivity contribution in [3.63, 3.8) is 0 Å². The van der Waals surface area contributed by atoms with Crippen molar-refractivity contribution in [1.82, 2.24) is 5.32 Å². The molecule has 0 heterocycles. The van der Waals surface area contributed by atoms with Crippen LogP contribution in [0.3, 0.4) is 0 Å². The smallest absolute Gasteiger partial charge is 0.251 e. The van der Waals surface area contributed by atoms with E-state index in [0.29, 0.717) is 16.3 Å². The van der Waals surface area contributed by atoms with Crippen molar-refractivity contribution in [3.05, 3.63) is 28.8 Å². The fraction of sp³-hybridized carbons (Fsp3) is 0.462.